The molecule has 0 radical (unpaired) electrons. The molecule has 1 aromatic carbocycles. The van der Waals surface area contributed by atoms with Crippen molar-refractivity contribution in [2.24, 2.45) is 0 Å². The lowest BCUT2D eigenvalue weighted by Gasteiger charge is -2.18. The minimum atomic E-state index is -3.55. The molecule has 0 unspecified atom stereocenters. The highest BCUT2D eigenvalue weighted by Crippen LogP contribution is 2.25. The summed E-state index contributed by atoms with van der Waals surface area (Å²) in [6.07, 6.45) is 1.67. The predicted octanol–water partition coefficient (Wildman–Crippen LogP) is 4.42. The summed E-state index contributed by atoms with van der Waals surface area (Å²) < 4.78 is 28.6. The summed E-state index contributed by atoms with van der Waals surface area (Å²) in [7, 11) is -3.55. The predicted molar refractivity (Wildman–Crippen MR) is 127 cm³/mol. The molecule has 1 amide bonds. The fourth-order valence-electron chi connectivity index (χ4n) is 3.52. The summed E-state index contributed by atoms with van der Waals surface area (Å²) in [6.45, 7) is 12.5. The highest BCUT2D eigenvalue weighted by atomic mass is 32.2. The van der Waals surface area contributed by atoms with Crippen molar-refractivity contribution in [1.82, 2.24) is 19.1 Å². The molecule has 172 valence electrons. The summed E-state index contributed by atoms with van der Waals surface area (Å²) >= 11 is 0. The molecule has 0 aliphatic carbocycles. The average Bonchev–Trinajstić information content (AvgIpc) is 3.18. The number of carbonyl (C=O) groups excluding carboxylic acids is 1. The number of fused-ring (bicyclic) bond motifs is 1. The summed E-state index contributed by atoms with van der Waals surface area (Å²) in [5, 5.41) is 7.98. The van der Waals surface area contributed by atoms with E-state index in [1.165, 1.54) is 16.4 Å². The standard InChI is InChI=1S/C23H31N5O3S/c1-7-27(8-2)32(30,31)18-11-9-17(10-12-18)25-23(29)19-13-21(15(3)4)26-22-20(19)14-24-28(22)16(5)6/h9-16H,7-8H2,1-6H3,(H,25,29). The number of hydrogen-bond acceptors (Lipinski definition) is 5. The van der Waals surface area contributed by atoms with E-state index in [1.807, 2.05) is 32.4 Å². The van der Waals surface area contributed by atoms with Crippen LogP contribution in [0.25, 0.3) is 11.0 Å². The molecule has 0 fully saturated rings. The topological polar surface area (TPSA) is 97.2 Å². The van der Waals surface area contributed by atoms with Crippen LogP contribution in [0, 0.1) is 0 Å². The second-order valence-electron chi connectivity index (χ2n) is 8.24. The van der Waals surface area contributed by atoms with Crippen molar-refractivity contribution in [3.05, 3.63) is 47.8 Å². The Balaban J connectivity index is 1.94. The van der Waals surface area contributed by atoms with E-state index in [9.17, 15) is 13.2 Å². The van der Waals surface area contributed by atoms with Gasteiger partial charge in [0.15, 0.2) is 5.65 Å². The number of carbonyl (C=O) groups is 1. The Hall–Kier alpha value is -2.78. The molecule has 9 heteroatoms. The van der Waals surface area contributed by atoms with Crippen LogP contribution in [-0.4, -0.2) is 46.5 Å². The van der Waals surface area contributed by atoms with E-state index in [0.29, 0.717) is 35.4 Å². The molecule has 3 rings (SSSR count). The lowest BCUT2D eigenvalue weighted by atomic mass is 10.0. The van der Waals surface area contributed by atoms with Crippen molar-refractivity contribution < 1.29 is 13.2 Å². The number of sulfonamides is 1. The van der Waals surface area contributed by atoms with Gasteiger partial charge in [-0.15, -0.1) is 0 Å². The highest BCUT2D eigenvalue weighted by Gasteiger charge is 2.22. The van der Waals surface area contributed by atoms with Gasteiger partial charge in [0.25, 0.3) is 5.91 Å². The number of anilines is 1. The van der Waals surface area contributed by atoms with E-state index < -0.39 is 10.0 Å². The van der Waals surface area contributed by atoms with Gasteiger partial charge in [0.05, 0.1) is 22.0 Å². The van der Waals surface area contributed by atoms with E-state index in [1.54, 1.807) is 38.2 Å². The van der Waals surface area contributed by atoms with Gasteiger partial charge >= 0.3 is 0 Å². The number of pyridine rings is 1. The van der Waals surface area contributed by atoms with Crippen LogP contribution in [0.3, 0.4) is 0 Å². The molecular weight excluding hydrogens is 426 g/mol. The van der Waals surface area contributed by atoms with E-state index in [0.717, 1.165) is 5.69 Å². The monoisotopic (exact) mass is 457 g/mol. The van der Waals surface area contributed by atoms with E-state index in [-0.39, 0.29) is 22.8 Å². The van der Waals surface area contributed by atoms with Crippen molar-refractivity contribution in [2.45, 2.75) is 58.4 Å². The Morgan fingerprint density at radius 2 is 1.72 bits per heavy atom. The van der Waals surface area contributed by atoms with Crippen molar-refractivity contribution >= 4 is 32.7 Å². The van der Waals surface area contributed by atoms with Gasteiger partial charge in [0.1, 0.15) is 0 Å². The maximum atomic E-state index is 13.2. The molecular formula is C23H31N5O3S. The number of nitrogens with zero attached hydrogens (tertiary/aromatic N) is 4. The first-order chi connectivity index (χ1) is 15.1. The Morgan fingerprint density at radius 1 is 1.09 bits per heavy atom. The van der Waals surface area contributed by atoms with Gasteiger partial charge in [-0.05, 0) is 50.1 Å². The summed E-state index contributed by atoms with van der Waals surface area (Å²) in [6, 6.07) is 8.15. The van der Waals surface area contributed by atoms with Crippen molar-refractivity contribution in [3.63, 3.8) is 0 Å². The maximum Gasteiger partial charge on any atom is 0.256 e. The third-order valence-electron chi connectivity index (χ3n) is 5.37. The molecule has 0 aliphatic rings. The quantitative estimate of drug-likeness (QED) is 0.540. The zero-order chi connectivity index (χ0) is 23.6. The van der Waals surface area contributed by atoms with Crippen LogP contribution in [0.2, 0.25) is 0 Å². The van der Waals surface area contributed by atoms with Crippen LogP contribution in [0.15, 0.2) is 41.4 Å². The van der Waals surface area contributed by atoms with Crippen LogP contribution >= 0.6 is 0 Å². The Labute approximate surface area is 189 Å². The minimum absolute atomic E-state index is 0.110. The molecule has 2 aromatic heterocycles. The molecule has 0 atom stereocenters. The van der Waals surface area contributed by atoms with Crippen LogP contribution in [-0.2, 0) is 10.0 Å². The number of hydrogen-bond donors (Lipinski definition) is 1. The fourth-order valence-corrected chi connectivity index (χ4v) is 4.98. The SMILES string of the molecule is CCN(CC)S(=O)(=O)c1ccc(NC(=O)c2cc(C(C)C)nc3c2cnn3C(C)C)cc1. The van der Waals surface area contributed by atoms with E-state index in [2.05, 4.69) is 10.4 Å². The van der Waals surface area contributed by atoms with Gasteiger partial charge in [-0.2, -0.15) is 9.40 Å². The van der Waals surface area contributed by atoms with Gasteiger partial charge < -0.3 is 5.32 Å². The van der Waals surface area contributed by atoms with Crippen molar-refractivity contribution in [2.75, 3.05) is 18.4 Å². The molecule has 2 heterocycles. The highest BCUT2D eigenvalue weighted by molar-refractivity contribution is 7.89. The van der Waals surface area contributed by atoms with Crippen molar-refractivity contribution in [1.29, 1.82) is 0 Å². The summed E-state index contributed by atoms with van der Waals surface area (Å²) in [5.74, 6) is -0.145. The van der Waals surface area contributed by atoms with Gasteiger partial charge in [0, 0.05) is 30.5 Å². The van der Waals surface area contributed by atoms with Crippen LogP contribution in [0.5, 0.6) is 0 Å². The van der Waals surface area contributed by atoms with Gasteiger partial charge in [-0.25, -0.2) is 18.1 Å². The molecule has 32 heavy (non-hydrogen) atoms. The number of aromatic nitrogens is 3. The lowest BCUT2D eigenvalue weighted by Crippen LogP contribution is -2.30. The summed E-state index contributed by atoms with van der Waals surface area (Å²) in [5.41, 5.74) is 2.49. The average molecular weight is 458 g/mol. The Morgan fingerprint density at radius 3 is 2.25 bits per heavy atom. The summed E-state index contributed by atoms with van der Waals surface area (Å²) in [4.78, 5) is 18.1. The lowest BCUT2D eigenvalue weighted by molar-refractivity contribution is 0.102. The van der Waals surface area contributed by atoms with Gasteiger partial charge in [0.2, 0.25) is 10.0 Å². The molecule has 8 nitrogen and oxygen atoms in total. The minimum Gasteiger partial charge on any atom is -0.322 e. The van der Waals surface area contributed by atoms with E-state index >= 15 is 0 Å². The van der Waals surface area contributed by atoms with E-state index in [4.69, 9.17) is 4.98 Å². The normalized spacial score (nSPS) is 12.3. The number of rotatable bonds is 8. The largest absolute Gasteiger partial charge is 0.322 e. The van der Waals surface area contributed by atoms with Gasteiger partial charge in [-0.1, -0.05) is 27.7 Å². The molecule has 0 aliphatic heterocycles. The molecule has 1 N–H and O–H groups in total. The van der Waals surface area contributed by atoms with Crippen molar-refractivity contribution in [3.8, 4) is 0 Å². The number of benzene rings is 1. The first kappa shape index (κ1) is 23.9. The van der Waals surface area contributed by atoms with Gasteiger partial charge in [-0.3, -0.25) is 4.79 Å². The third kappa shape index (κ3) is 4.54. The first-order valence-electron chi connectivity index (χ1n) is 10.9. The smallest absolute Gasteiger partial charge is 0.256 e. The fraction of sp³-hybridized carbons (Fsp3) is 0.435. The Kier molecular flexibility index (Phi) is 7.00. The third-order valence-corrected chi connectivity index (χ3v) is 7.43. The zero-order valence-electron chi connectivity index (χ0n) is 19.5. The zero-order valence-corrected chi connectivity index (χ0v) is 20.3. The molecule has 0 spiro atoms. The molecule has 3 aromatic rings. The molecule has 0 saturated carbocycles. The molecule has 0 bridgehead atoms. The second kappa shape index (κ2) is 9.38. The first-order valence-corrected chi connectivity index (χ1v) is 12.3. The number of nitrogens with one attached hydrogen (secondary N) is 1. The second-order valence-corrected chi connectivity index (χ2v) is 10.2. The van der Waals surface area contributed by atoms with Crippen LogP contribution in [0.1, 0.15) is 69.6 Å². The molecule has 0 saturated heterocycles. The number of amides is 1. The van der Waals surface area contributed by atoms with Crippen LogP contribution in [0.4, 0.5) is 5.69 Å². The van der Waals surface area contributed by atoms with Crippen LogP contribution < -0.4 is 5.32 Å². The Bertz CT molecular complexity index is 1210. The maximum absolute atomic E-state index is 13.2.